The van der Waals surface area contributed by atoms with Gasteiger partial charge in [0.2, 0.25) is 5.89 Å². The average molecular weight is 380 g/mol. The third-order valence-electron chi connectivity index (χ3n) is 3.32. The van der Waals surface area contributed by atoms with Crippen molar-refractivity contribution in [3.05, 3.63) is 52.0 Å². The minimum Gasteiger partial charge on any atom is -0.481 e. The zero-order valence-corrected chi connectivity index (χ0v) is 15.2. The van der Waals surface area contributed by atoms with E-state index in [0.717, 1.165) is 16.2 Å². The Bertz CT molecular complexity index is 855. The molecule has 0 bridgehead atoms. The molecule has 0 spiro atoms. The van der Waals surface area contributed by atoms with Crippen molar-refractivity contribution in [1.29, 1.82) is 0 Å². The summed E-state index contributed by atoms with van der Waals surface area (Å²) in [6.45, 7) is 0. The molecule has 0 fully saturated rings. The number of nitrogens with zero attached hydrogens (tertiary/aromatic N) is 1. The van der Waals surface area contributed by atoms with Crippen molar-refractivity contribution in [1.82, 2.24) is 4.98 Å². The number of thioether (sulfide) groups is 1. The molecule has 2 aromatic heterocycles. The summed E-state index contributed by atoms with van der Waals surface area (Å²) in [6, 6.07) is 11.5. The van der Waals surface area contributed by atoms with Crippen LogP contribution in [0, 0.1) is 0 Å². The second kappa shape index (κ2) is 7.42. The van der Waals surface area contributed by atoms with Gasteiger partial charge in [-0.25, -0.2) is 4.98 Å². The lowest BCUT2D eigenvalue weighted by atomic mass is 10.1. The Morgan fingerprint density at radius 1 is 1.29 bits per heavy atom. The van der Waals surface area contributed by atoms with Crippen LogP contribution < -0.4 is 0 Å². The van der Waals surface area contributed by atoms with Crippen molar-refractivity contribution in [3.8, 4) is 22.1 Å². The van der Waals surface area contributed by atoms with E-state index in [0.29, 0.717) is 21.7 Å². The van der Waals surface area contributed by atoms with Gasteiger partial charge < -0.3 is 9.52 Å². The minimum absolute atomic E-state index is 0.196. The number of aromatic nitrogens is 1. The molecule has 4 nitrogen and oxygen atoms in total. The van der Waals surface area contributed by atoms with Gasteiger partial charge in [0.05, 0.1) is 21.3 Å². The summed E-state index contributed by atoms with van der Waals surface area (Å²) in [4.78, 5) is 16.3. The van der Waals surface area contributed by atoms with Crippen LogP contribution >= 0.6 is 34.7 Å². The Labute approximate surface area is 152 Å². The molecule has 1 aromatic carbocycles. The molecule has 124 valence electrons. The number of aliphatic carboxylic acids is 1. The van der Waals surface area contributed by atoms with E-state index in [1.54, 1.807) is 17.8 Å². The second-order valence-corrected chi connectivity index (χ2v) is 7.68. The fourth-order valence-electron chi connectivity index (χ4n) is 2.28. The lowest BCUT2D eigenvalue weighted by Crippen LogP contribution is -2.01. The minimum atomic E-state index is -0.950. The quantitative estimate of drug-likeness (QED) is 0.636. The standard InChI is InChI=1S/C17H14ClNO3S2/c1-23-9-10-2-4-11(5-3-10)17-19-12(8-15(20)21)16(22-17)13-6-7-14(18)24-13/h2-7H,8-9H2,1H3,(H,20,21). The van der Waals surface area contributed by atoms with Crippen LogP contribution in [-0.2, 0) is 17.0 Å². The van der Waals surface area contributed by atoms with E-state index in [9.17, 15) is 4.79 Å². The predicted molar refractivity (Wildman–Crippen MR) is 98.8 cm³/mol. The third-order valence-corrected chi connectivity index (χ3v) is 5.18. The Balaban J connectivity index is 1.99. The number of thiophene rings is 1. The molecule has 0 amide bonds. The molecule has 2 heterocycles. The highest BCUT2D eigenvalue weighted by Crippen LogP contribution is 2.36. The molecule has 0 aliphatic heterocycles. The number of carboxylic acids is 1. The zero-order valence-electron chi connectivity index (χ0n) is 12.8. The van der Waals surface area contributed by atoms with Crippen LogP contribution in [0.4, 0.5) is 0 Å². The number of carbonyl (C=O) groups is 1. The molecule has 0 aliphatic carbocycles. The molecule has 0 saturated carbocycles. The van der Waals surface area contributed by atoms with E-state index in [1.807, 2.05) is 30.3 Å². The van der Waals surface area contributed by atoms with Gasteiger partial charge in [0, 0.05) is 11.3 Å². The first-order valence-electron chi connectivity index (χ1n) is 7.12. The van der Waals surface area contributed by atoms with Gasteiger partial charge in [0.15, 0.2) is 5.76 Å². The van der Waals surface area contributed by atoms with Crippen molar-refractivity contribution in [3.63, 3.8) is 0 Å². The van der Waals surface area contributed by atoms with Crippen molar-refractivity contribution in [2.75, 3.05) is 6.26 Å². The number of rotatable bonds is 6. The summed E-state index contributed by atoms with van der Waals surface area (Å²) in [7, 11) is 0. The van der Waals surface area contributed by atoms with Gasteiger partial charge in [-0.15, -0.1) is 11.3 Å². The van der Waals surface area contributed by atoms with E-state index in [4.69, 9.17) is 21.1 Å². The van der Waals surface area contributed by atoms with Crippen molar-refractivity contribution in [2.45, 2.75) is 12.2 Å². The Hall–Kier alpha value is -1.76. The summed E-state index contributed by atoms with van der Waals surface area (Å²) < 4.78 is 6.49. The molecule has 0 aliphatic rings. The molecule has 1 N–H and O–H groups in total. The molecule has 0 unspecified atom stereocenters. The van der Waals surface area contributed by atoms with Crippen LogP contribution in [0.1, 0.15) is 11.3 Å². The zero-order chi connectivity index (χ0) is 17.1. The summed E-state index contributed by atoms with van der Waals surface area (Å²) >= 11 is 9.07. The number of hydrogen-bond acceptors (Lipinski definition) is 5. The maximum Gasteiger partial charge on any atom is 0.309 e. The summed E-state index contributed by atoms with van der Waals surface area (Å²) in [6.07, 6.45) is 1.86. The van der Waals surface area contributed by atoms with E-state index in [-0.39, 0.29) is 6.42 Å². The normalized spacial score (nSPS) is 10.9. The smallest absolute Gasteiger partial charge is 0.309 e. The molecule has 3 rings (SSSR count). The van der Waals surface area contributed by atoms with Crippen LogP contribution in [0.25, 0.3) is 22.1 Å². The number of carboxylic acid groups (broad SMARTS) is 1. The monoisotopic (exact) mass is 379 g/mol. The van der Waals surface area contributed by atoms with Crippen molar-refractivity contribution >= 4 is 40.7 Å². The molecular formula is C17H14ClNO3S2. The molecule has 0 radical (unpaired) electrons. The Morgan fingerprint density at radius 2 is 2.04 bits per heavy atom. The van der Waals surface area contributed by atoms with Gasteiger partial charge in [-0.1, -0.05) is 23.7 Å². The first kappa shape index (κ1) is 17.1. The van der Waals surface area contributed by atoms with Gasteiger partial charge in [-0.3, -0.25) is 4.79 Å². The first-order valence-corrected chi connectivity index (χ1v) is 9.71. The maximum absolute atomic E-state index is 11.1. The fraction of sp³-hybridized carbons (Fsp3) is 0.176. The number of halogens is 1. The lowest BCUT2D eigenvalue weighted by molar-refractivity contribution is -0.136. The molecule has 24 heavy (non-hydrogen) atoms. The van der Waals surface area contributed by atoms with E-state index in [1.165, 1.54) is 16.9 Å². The van der Waals surface area contributed by atoms with Gasteiger partial charge >= 0.3 is 5.97 Å². The fourth-order valence-corrected chi connectivity index (χ4v) is 3.85. The number of benzene rings is 1. The van der Waals surface area contributed by atoms with E-state index in [2.05, 4.69) is 11.2 Å². The van der Waals surface area contributed by atoms with Gasteiger partial charge in [0.1, 0.15) is 0 Å². The predicted octanol–water partition coefficient (Wildman–Crippen LogP) is 5.21. The largest absolute Gasteiger partial charge is 0.481 e. The van der Waals surface area contributed by atoms with Gasteiger partial charge in [-0.2, -0.15) is 11.8 Å². The van der Waals surface area contributed by atoms with E-state index < -0.39 is 5.97 Å². The average Bonchev–Trinajstić information content (AvgIpc) is 3.14. The highest BCUT2D eigenvalue weighted by molar-refractivity contribution is 7.97. The van der Waals surface area contributed by atoms with Crippen LogP contribution in [0.15, 0.2) is 40.8 Å². The van der Waals surface area contributed by atoms with E-state index >= 15 is 0 Å². The third kappa shape index (κ3) is 3.83. The lowest BCUT2D eigenvalue weighted by Gasteiger charge is -1.99. The van der Waals surface area contributed by atoms with Crippen LogP contribution in [-0.4, -0.2) is 22.3 Å². The molecular weight excluding hydrogens is 366 g/mol. The Morgan fingerprint density at radius 3 is 2.62 bits per heavy atom. The topological polar surface area (TPSA) is 63.3 Å². The maximum atomic E-state index is 11.1. The molecule has 0 atom stereocenters. The number of hydrogen-bond donors (Lipinski definition) is 1. The first-order chi connectivity index (χ1) is 11.6. The second-order valence-electron chi connectivity index (χ2n) is 5.10. The van der Waals surface area contributed by atoms with Gasteiger partial charge in [0.25, 0.3) is 0 Å². The SMILES string of the molecule is CSCc1ccc(-c2nc(CC(=O)O)c(-c3ccc(Cl)s3)o2)cc1. The van der Waals surface area contributed by atoms with Crippen LogP contribution in [0.3, 0.4) is 0 Å². The Kier molecular flexibility index (Phi) is 5.28. The number of oxazole rings is 1. The van der Waals surface area contributed by atoms with Crippen LogP contribution in [0.2, 0.25) is 4.34 Å². The summed E-state index contributed by atoms with van der Waals surface area (Å²) in [5.41, 5.74) is 2.44. The highest BCUT2D eigenvalue weighted by atomic mass is 35.5. The van der Waals surface area contributed by atoms with Crippen molar-refractivity contribution < 1.29 is 14.3 Å². The molecule has 0 saturated heterocycles. The summed E-state index contributed by atoms with van der Waals surface area (Å²) in [5, 5.41) is 9.11. The van der Waals surface area contributed by atoms with Crippen LogP contribution in [0.5, 0.6) is 0 Å². The summed E-state index contributed by atoms with van der Waals surface area (Å²) in [5.74, 6) is 0.878. The van der Waals surface area contributed by atoms with Gasteiger partial charge in [-0.05, 0) is 36.1 Å². The van der Waals surface area contributed by atoms with Crippen molar-refractivity contribution in [2.24, 2.45) is 0 Å². The molecule has 7 heteroatoms. The highest BCUT2D eigenvalue weighted by Gasteiger charge is 2.20. The molecule has 3 aromatic rings.